The lowest BCUT2D eigenvalue weighted by Gasteiger charge is -2.23. The lowest BCUT2D eigenvalue weighted by Crippen LogP contribution is -2.30. The summed E-state index contributed by atoms with van der Waals surface area (Å²) >= 11 is 0. The number of amides is 1. The van der Waals surface area contributed by atoms with Gasteiger partial charge in [0, 0.05) is 33.6 Å². The zero-order chi connectivity index (χ0) is 21.0. The fraction of sp³-hybridized carbons (Fsp3) is 0.450. The second kappa shape index (κ2) is 8.87. The van der Waals surface area contributed by atoms with Gasteiger partial charge in [-0.2, -0.15) is 4.31 Å². The van der Waals surface area contributed by atoms with Gasteiger partial charge >= 0.3 is 0 Å². The Balaban J connectivity index is 1.82. The molecule has 0 bridgehead atoms. The molecule has 3 rings (SSSR count). The number of hydrogen-bond donors (Lipinski definition) is 1. The number of sulfonamides is 1. The number of carbonyl (C=O) groups excluding carboxylic acids is 1. The Hall–Kier alpha value is -2.52. The summed E-state index contributed by atoms with van der Waals surface area (Å²) < 4.78 is 26.8. The fourth-order valence-electron chi connectivity index (χ4n) is 3.51. The van der Waals surface area contributed by atoms with Gasteiger partial charge in [0.1, 0.15) is 5.82 Å². The Morgan fingerprint density at radius 2 is 2.00 bits per heavy atom. The van der Waals surface area contributed by atoms with Crippen molar-refractivity contribution in [2.45, 2.75) is 38.1 Å². The molecule has 1 aliphatic rings. The molecule has 8 nitrogen and oxygen atoms in total. The van der Waals surface area contributed by atoms with Gasteiger partial charge in [-0.25, -0.2) is 18.4 Å². The molecule has 2 aromatic rings. The number of nitrogens with zero attached hydrogens (tertiary/aromatic N) is 4. The summed E-state index contributed by atoms with van der Waals surface area (Å²) in [6, 6.07) is 10.7. The zero-order valence-electron chi connectivity index (χ0n) is 17.0. The minimum atomic E-state index is -3.50. The maximum absolute atomic E-state index is 12.8. The molecule has 0 spiro atoms. The highest BCUT2D eigenvalue weighted by molar-refractivity contribution is 7.88. The number of rotatable bonds is 7. The Kier molecular flexibility index (Phi) is 6.49. The van der Waals surface area contributed by atoms with Gasteiger partial charge in [-0.3, -0.25) is 4.79 Å². The molecular formula is C20H27N5O3S. The van der Waals surface area contributed by atoms with Gasteiger partial charge in [0.2, 0.25) is 15.9 Å². The summed E-state index contributed by atoms with van der Waals surface area (Å²) in [6.45, 7) is 2.37. The van der Waals surface area contributed by atoms with Crippen molar-refractivity contribution in [2.24, 2.45) is 0 Å². The molecular weight excluding hydrogens is 390 g/mol. The molecule has 1 saturated heterocycles. The van der Waals surface area contributed by atoms with E-state index in [1.165, 1.54) is 4.31 Å². The topological polar surface area (TPSA) is 95.5 Å². The van der Waals surface area contributed by atoms with Crippen LogP contribution in [0.15, 0.2) is 36.4 Å². The molecule has 1 fully saturated rings. The third-order valence-electron chi connectivity index (χ3n) is 5.06. The Bertz CT molecular complexity index is 965. The smallest absolute Gasteiger partial charge is 0.220 e. The van der Waals surface area contributed by atoms with Crippen molar-refractivity contribution in [3.05, 3.63) is 53.5 Å². The zero-order valence-corrected chi connectivity index (χ0v) is 17.8. The molecule has 0 aliphatic carbocycles. The second-order valence-corrected chi connectivity index (χ2v) is 9.30. The molecule has 1 N–H and O–H groups in total. The van der Waals surface area contributed by atoms with E-state index >= 15 is 0 Å². The van der Waals surface area contributed by atoms with Gasteiger partial charge in [-0.15, -0.1) is 0 Å². The number of likely N-dealkylation sites (tertiary alicyclic amines) is 1. The van der Waals surface area contributed by atoms with Gasteiger partial charge in [0.15, 0.2) is 5.82 Å². The molecule has 1 aromatic carbocycles. The summed E-state index contributed by atoms with van der Waals surface area (Å²) in [4.78, 5) is 22.8. The van der Waals surface area contributed by atoms with E-state index in [-0.39, 0.29) is 24.2 Å². The molecule has 29 heavy (non-hydrogen) atoms. The van der Waals surface area contributed by atoms with Crippen LogP contribution in [0.5, 0.6) is 0 Å². The maximum atomic E-state index is 12.8. The summed E-state index contributed by atoms with van der Waals surface area (Å²) in [5, 5.41) is 3.00. The normalized spacial score (nSPS) is 17.0. The van der Waals surface area contributed by atoms with E-state index < -0.39 is 10.0 Å². The summed E-state index contributed by atoms with van der Waals surface area (Å²) in [5.41, 5.74) is 1.33. The summed E-state index contributed by atoms with van der Waals surface area (Å²) in [5.74, 6) is 1.08. The van der Waals surface area contributed by atoms with Gasteiger partial charge in [-0.05, 0) is 18.4 Å². The highest BCUT2D eigenvalue weighted by Gasteiger charge is 2.31. The van der Waals surface area contributed by atoms with Crippen LogP contribution in [0, 0.1) is 0 Å². The fourth-order valence-corrected chi connectivity index (χ4v) is 4.67. The van der Waals surface area contributed by atoms with Crippen LogP contribution < -0.4 is 5.32 Å². The Morgan fingerprint density at radius 1 is 1.28 bits per heavy atom. The number of nitrogens with one attached hydrogen (secondary N) is 1. The van der Waals surface area contributed by atoms with Crippen LogP contribution in [0.25, 0.3) is 0 Å². The minimum Gasteiger partial charge on any atom is -0.373 e. The van der Waals surface area contributed by atoms with Crippen molar-refractivity contribution in [3.63, 3.8) is 0 Å². The van der Waals surface area contributed by atoms with Crippen molar-refractivity contribution in [1.29, 1.82) is 0 Å². The van der Waals surface area contributed by atoms with Gasteiger partial charge in [-0.1, -0.05) is 30.3 Å². The van der Waals surface area contributed by atoms with Gasteiger partial charge in [0.05, 0.1) is 24.0 Å². The largest absolute Gasteiger partial charge is 0.373 e. The first-order chi connectivity index (χ1) is 13.8. The molecule has 0 saturated carbocycles. The van der Waals surface area contributed by atoms with E-state index in [9.17, 15) is 13.2 Å². The average molecular weight is 418 g/mol. The molecule has 2 heterocycles. The van der Waals surface area contributed by atoms with E-state index in [4.69, 9.17) is 0 Å². The van der Waals surface area contributed by atoms with Crippen LogP contribution in [0.1, 0.15) is 42.9 Å². The minimum absolute atomic E-state index is 0.00457. The average Bonchev–Trinajstić information content (AvgIpc) is 3.18. The van der Waals surface area contributed by atoms with Crippen LogP contribution in [0.3, 0.4) is 0 Å². The quantitative estimate of drug-likeness (QED) is 0.742. The second-order valence-electron chi connectivity index (χ2n) is 7.22. The predicted molar refractivity (Wildman–Crippen MR) is 111 cm³/mol. The standard InChI is InChI=1S/C20H27N5O3S/c1-15(26)25-11-7-10-18(25)20-22-17(12-19(21-2)23-20)13-24(3)29(27,28)14-16-8-5-4-6-9-16/h4-6,8-9,12,18H,7,10-11,13-14H2,1-3H3,(H,21,22,23)/t18-/m0/s1. The SMILES string of the molecule is CNc1cc(CN(C)S(=O)(=O)Cc2ccccc2)nc([C@@H]2CCCN2C(C)=O)n1. The Morgan fingerprint density at radius 3 is 2.66 bits per heavy atom. The molecule has 156 valence electrons. The first kappa shape index (κ1) is 21.2. The number of aromatic nitrogens is 2. The van der Waals surface area contributed by atoms with Crippen LogP contribution in [0.2, 0.25) is 0 Å². The number of hydrogen-bond acceptors (Lipinski definition) is 6. The third-order valence-corrected chi connectivity index (χ3v) is 6.84. The van der Waals surface area contributed by atoms with Crippen LogP contribution in [-0.4, -0.2) is 54.1 Å². The Labute approximate surface area is 172 Å². The highest BCUT2D eigenvalue weighted by atomic mass is 32.2. The van der Waals surface area contributed by atoms with Crippen LogP contribution in [-0.2, 0) is 27.1 Å². The van der Waals surface area contributed by atoms with Crippen molar-refractivity contribution in [3.8, 4) is 0 Å². The molecule has 1 aliphatic heterocycles. The summed E-state index contributed by atoms with van der Waals surface area (Å²) in [6.07, 6.45) is 1.70. The number of carbonyl (C=O) groups is 1. The first-order valence-electron chi connectivity index (χ1n) is 9.61. The van der Waals surface area contributed by atoms with Crippen LogP contribution >= 0.6 is 0 Å². The number of benzene rings is 1. The third kappa shape index (κ3) is 5.10. The number of anilines is 1. The predicted octanol–water partition coefficient (Wildman–Crippen LogP) is 2.16. The van der Waals surface area contributed by atoms with Gasteiger partial charge < -0.3 is 10.2 Å². The molecule has 1 aromatic heterocycles. The van der Waals surface area contributed by atoms with Crippen molar-refractivity contribution in [2.75, 3.05) is 26.0 Å². The van der Waals surface area contributed by atoms with Gasteiger partial charge in [0.25, 0.3) is 0 Å². The van der Waals surface area contributed by atoms with Crippen LogP contribution in [0.4, 0.5) is 5.82 Å². The molecule has 9 heteroatoms. The van der Waals surface area contributed by atoms with E-state index in [0.717, 1.165) is 18.4 Å². The van der Waals surface area contributed by atoms with E-state index in [1.807, 2.05) is 18.2 Å². The molecule has 1 amide bonds. The highest BCUT2D eigenvalue weighted by Crippen LogP contribution is 2.30. The van der Waals surface area contributed by atoms with E-state index in [2.05, 4.69) is 15.3 Å². The summed E-state index contributed by atoms with van der Waals surface area (Å²) in [7, 11) is -0.194. The van der Waals surface area contributed by atoms with E-state index in [0.29, 0.717) is 23.9 Å². The van der Waals surface area contributed by atoms with E-state index in [1.54, 1.807) is 44.1 Å². The maximum Gasteiger partial charge on any atom is 0.220 e. The van der Waals surface area contributed by atoms with Crippen molar-refractivity contribution < 1.29 is 13.2 Å². The lowest BCUT2D eigenvalue weighted by molar-refractivity contribution is -0.129. The molecule has 0 unspecified atom stereocenters. The first-order valence-corrected chi connectivity index (χ1v) is 11.2. The van der Waals surface area contributed by atoms with Crippen molar-refractivity contribution >= 4 is 21.7 Å². The monoisotopic (exact) mass is 417 g/mol. The lowest BCUT2D eigenvalue weighted by atomic mass is 10.2. The molecule has 1 atom stereocenters. The molecule has 0 radical (unpaired) electrons. The van der Waals surface area contributed by atoms with Crippen molar-refractivity contribution in [1.82, 2.24) is 19.2 Å².